The topological polar surface area (TPSA) is 77.2 Å². The molecule has 1 N–H and O–H groups in total. The van der Waals surface area contributed by atoms with E-state index in [-0.39, 0.29) is 11.6 Å². The molecule has 1 aromatic carbocycles. The Balaban J connectivity index is 1.82. The fourth-order valence-corrected chi connectivity index (χ4v) is 3.40. The number of carbonyl (C=O) groups is 1. The molecule has 128 valence electrons. The molecular formula is C19H19N3O3. The minimum Gasteiger partial charge on any atom is -0.478 e. The van der Waals surface area contributed by atoms with Crippen molar-refractivity contribution < 1.29 is 14.6 Å². The van der Waals surface area contributed by atoms with Crippen molar-refractivity contribution in [3.8, 4) is 0 Å². The van der Waals surface area contributed by atoms with E-state index >= 15 is 0 Å². The van der Waals surface area contributed by atoms with Gasteiger partial charge in [-0.2, -0.15) is 5.10 Å². The third-order valence-electron chi connectivity index (χ3n) is 4.68. The Labute approximate surface area is 145 Å². The Morgan fingerprint density at radius 2 is 2.28 bits per heavy atom. The predicted octanol–water partition coefficient (Wildman–Crippen LogP) is 2.99. The van der Waals surface area contributed by atoms with Gasteiger partial charge >= 0.3 is 5.97 Å². The molecule has 0 saturated carbocycles. The van der Waals surface area contributed by atoms with Crippen LogP contribution < -0.4 is 0 Å². The number of aryl methyl sites for hydroxylation is 1. The van der Waals surface area contributed by atoms with Gasteiger partial charge in [0.05, 0.1) is 29.4 Å². The number of aromatic nitrogens is 3. The summed E-state index contributed by atoms with van der Waals surface area (Å²) in [5.74, 6) is -0.943. The minimum atomic E-state index is -0.943. The van der Waals surface area contributed by atoms with Crippen molar-refractivity contribution in [1.29, 1.82) is 0 Å². The van der Waals surface area contributed by atoms with Crippen molar-refractivity contribution in [1.82, 2.24) is 14.8 Å². The number of hydrogen-bond acceptors (Lipinski definition) is 4. The molecular weight excluding hydrogens is 318 g/mol. The number of benzene rings is 1. The molecule has 0 spiro atoms. The van der Waals surface area contributed by atoms with Gasteiger partial charge in [0.2, 0.25) is 0 Å². The van der Waals surface area contributed by atoms with Gasteiger partial charge in [-0.05, 0) is 37.1 Å². The molecule has 0 amide bonds. The first-order valence-electron chi connectivity index (χ1n) is 8.35. The molecule has 6 nitrogen and oxygen atoms in total. The molecule has 1 aliphatic heterocycles. The first-order chi connectivity index (χ1) is 12.1. The zero-order valence-electron chi connectivity index (χ0n) is 14.0. The van der Waals surface area contributed by atoms with Crippen LogP contribution in [0.5, 0.6) is 0 Å². The molecule has 1 atom stereocenters. The highest BCUT2D eigenvalue weighted by Crippen LogP contribution is 2.28. The third-order valence-corrected chi connectivity index (χ3v) is 4.68. The van der Waals surface area contributed by atoms with Crippen molar-refractivity contribution in [2.24, 2.45) is 0 Å². The summed E-state index contributed by atoms with van der Waals surface area (Å²) >= 11 is 0. The quantitative estimate of drug-likeness (QED) is 0.792. The van der Waals surface area contributed by atoms with E-state index in [1.54, 1.807) is 6.20 Å². The van der Waals surface area contributed by atoms with E-state index in [4.69, 9.17) is 9.84 Å². The lowest BCUT2D eigenvalue weighted by molar-refractivity contribution is 0.0695. The van der Waals surface area contributed by atoms with Gasteiger partial charge in [-0.3, -0.25) is 9.67 Å². The molecule has 1 aliphatic rings. The van der Waals surface area contributed by atoms with Crippen LogP contribution >= 0.6 is 0 Å². The third kappa shape index (κ3) is 2.89. The molecule has 0 bridgehead atoms. The Bertz CT molecular complexity index is 942. The molecule has 0 aliphatic carbocycles. The Morgan fingerprint density at radius 1 is 1.40 bits per heavy atom. The van der Waals surface area contributed by atoms with E-state index in [9.17, 15) is 9.90 Å². The second-order valence-electron chi connectivity index (χ2n) is 6.44. The van der Waals surface area contributed by atoms with Gasteiger partial charge in [-0.25, -0.2) is 4.79 Å². The van der Waals surface area contributed by atoms with Gasteiger partial charge in [0.1, 0.15) is 0 Å². The van der Waals surface area contributed by atoms with Crippen molar-refractivity contribution in [3.63, 3.8) is 0 Å². The first kappa shape index (κ1) is 15.8. The number of pyridine rings is 1. The molecule has 3 heterocycles. The lowest BCUT2D eigenvalue weighted by Gasteiger charge is -2.09. The minimum absolute atomic E-state index is 0.229. The highest BCUT2D eigenvalue weighted by molar-refractivity contribution is 5.90. The largest absolute Gasteiger partial charge is 0.478 e. The zero-order valence-corrected chi connectivity index (χ0v) is 14.0. The fourth-order valence-electron chi connectivity index (χ4n) is 3.40. The summed E-state index contributed by atoms with van der Waals surface area (Å²) < 4.78 is 7.55. The van der Waals surface area contributed by atoms with Crippen LogP contribution in [0.3, 0.4) is 0 Å². The SMILES string of the molecule is Cc1ccc2c(c1)c(Cc1cnccc1C(=O)O)nn2[C@@H]1CCOC1. The zero-order chi connectivity index (χ0) is 17.4. The summed E-state index contributed by atoms with van der Waals surface area (Å²) in [6.07, 6.45) is 4.50. The van der Waals surface area contributed by atoms with Gasteiger partial charge in [-0.15, -0.1) is 0 Å². The van der Waals surface area contributed by atoms with Crippen LogP contribution in [0.4, 0.5) is 0 Å². The fraction of sp³-hybridized carbons (Fsp3) is 0.316. The van der Waals surface area contributed by atoms with E-state index < -0.39 is 5.97 Å². The van der Waals surface area contributed by atoms with E-state index in [1.165, 1.54) is 12.3 Å². The lowest BCUT2D eigenvalue weighted by atomic mass is 10.0. The van der Waals surface area contributed by atoms with Gasteiger partial charge in [-0.1, -0.05) is 11.6 Å². The molecule has 0 unspecified atom stereocenters. The predicted molar refractivity (Wildman–Crippen MR) is 92.9 cm³/mol. The van der Waals surface area contributed by atoms with Crippen LogP contribution in [-0.4, -0.2) is 39.1 Å². The molecule has 1 fully saturated rings. The van der Waals surface area contributed by atoms with Crippen LogP contribution in [0.15, 0.2) is 36.7 Å². The first-order valence-corrected chi connectivity index (χ1v) is 8.35. The number of hydrogen-bond donors (Lipinski definition) is 1. The molecule has 2 aromatic heterocycles. The molecule has 4 rings (SSSR count). The van der Waals surface area contributed by atoms with Crippen LogP contribution in [0, 0.1) is 6.92 Å². The average Bonchev–Trinajstić information content (AvgIpc) is 3.23. The summed E-state index contributed by atoms with van der Waals surface area (Å²) in [5.41, 5.74) is 4.04. The lowest BCUT2D eigenvalue weighted by Crippen LogP contribution is -2.11. The molecule has 0 radical (unpaired) electrons. The Hall–Kier alpha value is -2.73. The Morgan fingerprint density at radius 3 is 3.04 bits per heavy atom. The van der Waals surface area contributed by atoms with E-state index in [1.807, 2.05) is 11.6 Å². The monoisotopic (exact) mass is 337 g/mol. The number of nitrogens with zero attached hydrogens (tertiary/aromatic N) is 3. The summed E-state index contributed by atoms with van der Waals surface area (Å²) in [7, 11) is 0. The van der Waals surface area contributed by atoms with Gasteiger partial charge < -0.3 is 9.84 Å². The summed E-state index contributed by atoms with van der Waals surface area (Å²) in [6, 6.07) is 8.04. The van der Waals surface area contributed by atoms with Crippen molar-refractivity contribution in [2.45, 2.75) is 25.8 Å². The number of ether oxygens (including phenoxy) is 1. The number of carboxylic acid groups (broad SMARTS) is 1. The van der Waals surface area contributed by atoms with Crippen LogP contribution in [0.25, 0.3) is 10.9 Å². The van der Waals surface area contributed by atoms with Crippen molar-refractivity contribution in [3.05, 3.63) is 59.0 Å². The van der Waals surface area contributed by atoms with Gasteiger partial charge in [0, 0.05) is 30.8 Å². The van der Waals surface area contributed by atoms with E-state index in [2.05, 4.69) is 23.2 Å². The smallest absolute Gasteiger partial charge is 0.336 e. The molecule has 25 heavy (non-hydrogen) atoms. The van der Waals surface area contributed by atoms with Gasteiger partial charge in [0.15, 0.2) is 0 Å². The second kappa shape index (κ2) is 6.29. The van der Waals surface area contributed by atoms with E-state index in [0.717, 1.165) is 35.2 Å². The average molecular weight is 337 g/mol. The van der Waals surface area contributed by atoms with Crippen LogP contribution in [-0.2, 0) is 11.2 Å². The number of aromatic carboxylic acids is 1. The maximum Gasteiger partial charge on any atom is 0.336 e. The maximum absolute atomic E-state index is 11.5. The Kier molecular flexibility index (Phi) is 3.97. The number of rotatable bonds is 4. The molecule has 1 saturated heterocycles. The standard InChI is InChI=1S/C19H19N3O3/c1-12-2-3-18-16(8-12)17(21-22(18)14-5-7-25-11-14)9-13-10-20-6-4-15(13)19(23)24/h2-4,6,8,10,14H,5,7,9,11H2,1H3,(H,23,24)/t14-/m1/s1. The molecule has 6 heteroatoms. The molecule has 3 aromatic rings. The number of fused-ring (bicyclic) bond motifs is 1. The highest BCUT2D eigenvalue weighted by atomic mass is 16.5. The second-order valence-corrected chi connectivity index (χ2v) is 6.44. The number of carboxylic acids is 1. The summed E-state index contributed by atoms with van der Waals surface area (Å²) in [6.45, 7) is 3.46. The van der Waals surface area contributed by atoms with Crippen molar-refractivity contribution in [2.75, 3.05) is 13.2 Å². The van der Waals surface area contributed by atoms with E-state index in [0.29, 0.717) is 18.6 Å². The highest BCUT2D eigenvalue weighted by Gasteiger charge is 2.23. The van der Waals surface area contributed by atoms with Gasteiger partial charge in [0.25, 0.3) is 0 Å². The summed E-state index contributed by atoms with van der Waals surface area (Å²) in [5, 5.41) is 15.3. The maximum atomic E-state index is 11.5. The van der Waals surface area contributed by atoms with Crippen LogP contribution in [0.1, 0.15) is 39.6 Å². The van der Waals surface area contributed by atoms with Crippen LogP contribution in [0.2, 0.25) is 0 Å². The van der Waals surface area contributed by atoms with Crippen molar-refractivity contribution >= 4 is 16.9 Å². The normalized spacial score (nSPS) is 17.2. The summed E-state index contributed by atoms with van der Waals surface area (Å²) in [4.78, 5) is 15.6.